The quantitative estimate of drug-likeness (QED) is 0.696. The summed E-state index contributed by atoms with van der Waals surface area (Å²) in [4.78, 5) is 13.5. The minimum atomic E-state index is -2.89. The highest BCUT2D eigenvalue weighted by molar-refractivity contribution is 9.10. The number of carbonyl (C=O) groups excluding carboxylic acids is 1. The maximum Gasteiger partial charge on any atom is 0.410 e. The number of halogens is 3. The van der Waals surface area contributed by atoms with E-state index in [1.54, 1.807) is 32.9 Å². The molecule has 23 heavy (non-hydrogen) atoms. The van der Waals surface area contributed by atoms with Crippen LogP contribution in [-0.4, -0.2) is 29.7 Å². The van der Waals surface area contributed by atoms with Crippen molar-refractivity contribution in [3.63, 3.8) is 0 Å². The van der Waals surface area contributed by atoms with Gasteiger partial charge < -0.3 is 9.64 Å². The van der Waals surface area contributed by atoms with Crippen LogP contribution in [0.3, 0.4) is 0 Å². The van der Waals surface area contributed by atoms with Crippen molar-refractivity contribution < 1.29 is 18.3 Å². The van der Waals surface area contributed by atoms with Crippen molar-refractivity contribution in [3.8, 4) is 0 Å². The molecule has 0 unspecified atom stereocenters. The largest absolute Gasteiger partial charge is 0.444 e. The molecule has 1 amide bonds. The molecule has 0 radical (unpaired) electrons. The number of likely N-dealkylation sites (tertiary alicyclic amines) is 1. The highest BCUT2D eigenvalue weighted by Gasteiger charge is 2.43. The van der Waals surface area contributed by atoms with Crippen LogP contribution in [0.5, 0.6) is 0 Å². The van der Waals surface area contributed by atoms with E-state index in [9.17, 15) is 13.6 Å². The maximum atomic E-state index is 14.6. The summed E-state index contributed by atoms with van der Waals surface area (Å²) in [5.41, 5.74) is -0.550. The van der Waals surface area contributed by atoms with Gasteiger partial charge in [-0.15, -0.1) is 0 Å². The lowest BCUT2D eigenvalue weighted by atomic mass is 9.86. The van der Waals surface area contributed by atoms with Crippen molar-refractivity contribution in [2.45, 2.75) is 45.1 Å². The molecule has 0 saturated carbocycles. The summed E-state index contributed by atoms with van der Waals surface area (Å²) in [7, 11) is 0. The second-order valence-corrected chi connectivity index (χ2v) is 7.79. The number of alkyl halides is 2. The molecule has 128 valence electrons. The molecular formula is C17H22BrF2NO2. The van der Waals surface area contributed by atoms with Crippen LogP contribution < -0.4 is 0 Å². The van der Waals surface area contributed by atoms with Crippen LogP contribution in [-0.2, 0) is 10.7 Å². The minimum absolute atomic E-state index is 0.0245. The zero-order valence-electron chi connectivity index (χ0n) is 13.6. The van der Waals surface area contributed by atoms with Gasteiger partial charge in [0.1, 0.15) is 5.60 Å². The molecule has 1 aliphatic heterocycles. The fraction of sp³-hybridized carbons (Fsp3) is 0.588. The Labute approximate surface area is 144 Å². The molecule has 3 nitrogen and oxygen atoms in total. The highest BCUT2D eigenvalue weighted by atomic mass is 79.9. The zero-order valence-corrected chi connectivity index (χ0v) is 15.2. The molecule has 0 spiro atoms. The molecule has 1 aromatic carbocycles. The van der Waals surface area contributed by atoms with Crippen LogP contribution in [0.2, 0.25) is 0 Å². The Kier molecular flexibility index (Phi) is 5.33. The summed E-state index contributed by atoms with van der Waals surface area (Å²) in [6, 6.07) is 6.15. The standard InChI is InChI=1S/C17H22BrF2NO2/c1-16(2,3)23-15(22)21-10-8-13(9-11-21)17(19,20)12-4-6-14(18)7-5-12/h4-7,13H,8-11H2,1-3H3. The van der Waals surface area contributed by atoms with Gasteiger partial charge in [0.2, 0.25) is 0 Å². The number of ether oxygens (including phenoxy) is 1. The maximum absolute atomic E-state index is 14.6. The lowest BCUT2D eigenvalue weighted by molar-refractivity contribution is -0.0861. The molecule has 1 aliphatic rings. The number of rotatable bonds is 2. The Morgan fingerprint density at radius 3 is 2.17 bits per heavy atom. The molecule has 1 aromatic rings. The second-order valence-electron chi connectivity index (χ2n) is 6.87. The summed E-state index contributed by atoms with van der Waals surface area (Å²) in [5.74, 6) is -3.65. The topological polar surface area (TPSA) is 29.5 Å². The number of nitrogens with zero attached hydrogens (tertiary/aromatic N) is 1. The Bertz CT molecular complexity index is 547. The summed E-state index contributed by atoms with van der Waals surface area (Å²) < 4.78 is 35.3. The second kappa shape index (κ2) is 6.75. The van der Waals surface area contributed by atoms with Crippen LogP contribution in [0.4, 0.5) is 13.6 Å². The zero-order chi connectivity index (χ0) is 17.3. The van der Waals surface area contributed by atoms with Crippen molar-refractivity contribution in [2.75, 3.05) is 13.1 Å². The molecule has 1 saturated heterocycles. The van der Waals surface area contributed by atoms with E-state index in [0.29, 0.717) is 13.1 Å². The highest BCUT2D eigenvalue weighted by Crippen LogP contribution is 2.41. The van der Waals surface area contributed by atoms with Crippen LogP contribution >= 0.6 is 15.9 Å². The average Bonchev–Trinajstić information content (AvgIpc) is 2.46. The van der Waals surface area contributed by atoms with Gasteiger partial charge in [0.15, 0.2) is 0 Å². The smallest absolute Gasteiger partial charge is 0.410 e. The van der Waals surface area contributed by atoms with Crippen molar-refractivity contribution in [1.82, 2.24) is 4.90 Å². The normalized spacial score (nSPS) is 17.2. The number of hydrogen-bond acceptors (Lipinski definition) is 2. The van der Waals surface area contributed by atoms with Crippen LogP contribution in [0.1, 0.15) is 39.2 Å². The van der Waals surface area contributed by atoms with Crippen LogP contribution in [0.25, 0.3) is 0 Å². The van der Waals surface area contributed by atoms with Crippen LogP contribution in [0.15, 0.2) is 28.7 Å². The van der Waals surface area contributed by atoms with E-state index in [0.717, 1.165) is 4.47 Å². The Balaban J connectivity index is 1.98. The number of piperidine rings is 1. The fourth-order valence-corrected chi connectivity index (χ4v) is 2.92. The van der Waals surface area contributed by atoms with E-state index in [4.69, 9.17) is 4.74 Å². The fourth-order valence-electron chi connectivity index (χ4n) is 2.66. The molecular weight excluding hydrogens is 368 g/mol. The van der Waals surface area contributed by atoms with Gasteiger partial charge in [0.25, 0.3) is 5.92 Å². The Hall–Kier alpha value is -1.17. The molecule has 0 aromatic heterocycles. The van der Waals surface area contributed by atoms with Crippen molar-refractivity contribution in [2.24, 2.45) is 5.92 Å². The number of carbonyl (C=O) groups is 1. The van der Waals surface area contributed by atoms with E-state index in [1.165, 1.54) is 17.0 Å². The minimum Gasteiger partial charge on any atom is -0.444 e. The van der Waals surface area contributed by atoms with Crippen molar-refractivity contribution in [1.29, 1.82) is 0 Å². The molecule has 0 atom stereocenters. The predicted octanol–water partition coefficient (Wildman–Crippen LogP) is 5.19. The molecule has 0 aliphatic carbocycles. The number of hydrogen-bond donors (Lipinski definition) is 0. The van der Waals surface area contributed by atoms with E-state index in [2.05, 4.69) is 15.9 Å². The average molecular weight is 390 g/mol. The van der Waals surface area contributed by atoms with Crippen LogP contribution in [0, 0.1) is 5.92 Å². The monoisotopic (exact) mass is 389 g/mol. The van der Waals surface area contributed by atoms with Gasteiger partial charge in [-0.3, -0.25) is 0 Å². The molecule has 0 bridgehead atoms. The van der Waals surface area contributed by atoms with E-state index >= 15 is 0 Å². The number of amides is 1. The van der Waals surface area contributed by atoms with Gasteiger partial charge in [-0.25, -0.2) is 13.6 Å². The molecule has 1 fully saturated rings. The first kappa shape index (κ1) is 18.2. The van der Waals surface area contributed by atoms with E-state index in [1.807, 2.05) is 0 Å². The third kappa shape index (κ3) is 4.66. The Morgan fingerprint density at radius 2 is 1.70 bits per heavy atom. The summed E-state index contributed by atoms with van der Waals surface area (Å²) in [6.07, 6.45) is 0.104. The van der Waals surface area contributed by atoms with Gasteiger partial charge in [0.05, 0.1) is 0 Å². The third-order valence-electron chi connectivity index (χ3n) is 3.89. The lowest BCUT2D eigenvalue weighted by Crippen LogP contribution is -2.44. The van der Waals surface area contributed by atoms with Gasteiger partial charge in [0, 0.05) is 29.0 Å². The first-order valence-electron chi connectivity index (χ1n) is 7.71. The number of benzene rings is 1. The first-order chi connectivity index (χ1) is 10.6. The van der Waals surface area contributed by atoms with Crippen molar-refractivity contribution in [3.05, 3.63) is 34.3 Å². The molecule has 1 heterocycles. The van der Waals surface area contributed by atoms with Gasteiger partial charge in [-0.05, 0) is 45.7 Å². The molecule has 6 heteroatoms. The SMILES string of the molecule is CC(C)(C)OC(=O)N1CCC(C(F)(F)c2ccc(Br)cc2)CC1. The van der Waals surface area contributed by atoms with Gasteiger partial charge in [-0.2, -0.15) is 0 Å². The lowest BCUT2D eigenvalue weighted by Gasteiger charge is -2.36. The van der Waals surface area contributed by atoms with Crippen molar-refractivity contribution >= 4 is 22.0 Å². The van der Waals surface area contributed by atoms with E-state index in [-0.39, 0.29) is 18.4 Å². The molecule has 2 rings (SSSR count). The molecule has 0 N–H and O–H groups in total. The predicted molar refractivity (Wildman–Crippen MR) is 88.6 cm³/mol. The first-order valence-corrected chi connectivity index (χ1v) is 8.50. The summed E-state index contributed by atoms with van der Waals surface area (Å²) >= 11 is 3.25. The van der Waals surface area contributed by atoms with Gasteiger partial charge >= 0.3 is 6.09 Å². The van der Waals surface area contributed by atoms with Gasteiger partial charge in [-0.1, -0.05) is 28.1 Å². The summed E-state index contributed by atoms with van der Waals surface area (Å²) in [6.45, 7) is 5.97. The van der Waals surface area contributed by atoms with E-state index < -0.39 is 23.5 Å². The summed E-state index contributed by atoms with van der Waals surface area (Å²) in [5, 5.41) is 0. The Morgan fingerprint density at radius 1 is 1.17 bits per heavy atom. The third-order valence-corrected chi connectivity index (χ3v) is 4.42.